The maximum Gasteiger partial charge on any atom is 0.252 e. The van der Waals surface area contributed by atoms with Crippen LogP contribution in [0, 0.1) is 13.8 Å². The smallest absolute Gasteiger partial charge is 0.252 e. The zero-order chi connectivity index (χ0) is 19.8. The molecule has 1 unspecified atom stereocenters. The van der Waals surface area contributed by atoms with Crippen molar-refractivity contribution in [1.82, 2.24) is 5.32 Å². The Morgan fingerprint density at radius 3 is 2.74 bits per heavy atom. The van der Waals surface area contributed by atoms with E-state index >= 15 is 0 Å². The zero-order valence-corrected chi connectivity index (χ0v) is 15.6. The molecule has 0 bridgehead atoms. The quantitative estimate of drug-likeness (QED) is 0.469. The highest BCUT2D eigenvalue weighted by Gasteiger charge is 2.09. The third-order valence-electron chi connectivity index (χ3n) is 4.15. The van der Waals surface area contributed by atoms with E-state index in [1.54, 1.807) is 6.07 Å². The number of phenols is 1. The third kappa shape index (κ3) is 6.16. The molecule has 1 atom stereocenters. The number of amides is 1. The Bertz CT molecular complexity index is 779. The largest absolute Gasteiger partial charge is 0.507 e. The van der Waals surface area contributed by atoms with Crippen LogP contribution in [0.15, 0.2) is 36.4 Å². The summed E-state index contributed by atoms with van der Waals surface area (Å²) in [5.74, 6) is 0.306. The van der Waals surface area contributed by atoms with Gasteiger partial charge in [-0.2, -0.15) is 0 Å². The molecule has 2 aromatic carbocycles. The second-order valence-corrected chi connectivity index (χ2v) is 6.26. The van der Waals surface area contributed by atoms with Crippen molar-refractivity contribution >= 4 is 5.91 Å². The van der Waals surface area contributed by atoms with E-state index in [1.165, 1.54) is 12.1 Å². The summed E-state index contributed by atoms with van der Waals surface area (Å²) in [6.45, 7) is 5.37. The van der Waals surface area contributed by atoms with Gasteiger partial charge in [-0.25, -0.2) is 0 Å². The Hall–Kier alpha value is -2.77. The van der Waals surface area contributed by atoms with E-state index in [2.05, 4.69) is 5.32 Å². The molecule has 7 nitrogen and oxygen atoms in total. The topological polar surface area (TPSA) is 114 Å². The number of ether oxygens (including phenoxy) is 2. The zero-order valence-electron chi connectivity index (χ0n) is 15.6. The van der Waals surface area contributed by atoms with Crippen molar-refractivity contribution < 1.29 is 24.5 Å². The van der Waals surface area contributed by atoms with Crippen LogP contribution >= 0.6 is 0 Å². The van der Waals surface area contributed by atoms with Gasteiger partial charge in [0.15, 0.2) is 0 Å². The fourth-order valence-electron chi connectivity index (χ4n) is 2.44. The van der Waals surface area contributed by atoms with Gasteiger partial charge in [-0.1, -0.05) is 12.1 Å². The van der Waals surface area contributed by atoms with Gasteiger partial charge in [-0.05, 0) is 49.2 Å². The number of aryl methyl sites for hydroxylation is 1. The minimum absolute atomic E-state index is 0.0134. The van der Waals surface area contributed by atoms with E-state index in [1.807, 2.05) is 32.0 Å². The Morgan fingerprint density at radius 1 is 1.22 bits per heavy atom. The molecule has 0 fully saturated rings. The van der Waals surface area contributed by atoms with Gasteiger partial charge in [0.05, 0.1) is 5.56 Å². The fraction of sp³-hybridized carbons (Fsp3) is 0.350. The lowest BCUT2D eigenvalue weighted by Crippen LogP contribution is -2.33. The molecule has 1 amide bonds. The van der Waals surface area contributed by atoms with Gasteiger partial charge < -0.3 is 30.7 Å². The average molecular weight is 374 g/mol. The summed E-state index contributed by atoms with van der Waals surface area (Å²) in [6.07, 6.45) is -0.653. The molecule has 0 saturated heterocycles. The molecule has 0 aromatic heterocycles. The summed E-state index contributed by atoms with van der Waals surface area (Å²) in [6, 6.07) is 10.1. The van der Waals surface area contributed by atoms with Gasteiger partial charge in [-0.15, -0.1) is 0 Å². The number of aliphatic hydroxyl groups excluding tert-OH is 1. The Labute approximate surface area is 158 Å². The maximum atomic E-state index is 11.2. The number of carbonyl (C=O) groups excluding carboxylic acids is 1. The molecular formula is C20H26N2O5. The van der Waals surface area contributed by atoms with E-state index in [-0.39, 0.29) is 17.9 Å². The number of aliphatic hydroxyl groups is 1. The standard InChI is InChI=1S/C20H26N2O5/c1-13-4-3-5-19(14(13)2)27-12-15(23)11-22-8-9-26-16-6-7-18(24)17(10-16)20(21)25/h3-7,10,15,22-24H,8-9,11-12H2,1-2H3,(H2,21,25). The molecular weight excluding hydrogens is 348 g/mol. The van der Waals surface area contributed by atoms with Crippen LogP contribution in [0.25, 0.3) is 0 Å². The number of aromatic hydroxyl groups is 1. The van der Waals surface area contributed by atoms with E-state index in [4.69, 9.17) is 15.2 Å². The summed E-state index contributed by atoms with van der Waals surface area (Å²) in [5, 5.41) is 22.6. The molecule has 0 aliphatic heterocycles. The van der Waals surface area contributed by atoms with Crippen molar-refractivity contribution in [3.63, 3.8) is 0 Å². The van der Waals surface area contributed by atoms with Gasteiger partial charge in [0.2, 0.25) is 0 Å². The van der Waals surface area contributed by atoms with E-state index in [0.717, 1.165) is 16.9 Å². The van der Waals surface area contributed by atoms with Gasteiger partial charge in [0.25, 0.3) is 5.91 Å². The van der Waals surface area contributed by atoms with Crippen molar-refractivity contribution in [3.05, 3.63) is 53.1 Å². The Morgan fingerprint density at radius 2 is 2.00 bits per heavy atom. The first-order valence-corrected chi connectivity index (χ1v) is 8.72. The van der Waals surface area contributed by atoms with Gasteiger partial charge in [0, 0.05) is 13.1 Å². The van der Waals surface area contributed by atoms with Gasteiger partial charge in [0.1, 0.15) is 36.6 Å². The lowest BCUT2D eigenvalue weighted by atomic mass is 10.1. The number of nitrogens with one attached hydrogen (secondary N) is 1. The summed E-state index contributed by atoms with van der Waals surface area (Å²) < 4.78 is 11.2. The Balaban J connectivity index is 1.67. The number of primary amides is 1. The van der Waals surface area contributed by atoms with E-state index < -0.39 is 12.0 Å². The SMILES string of the molecule is Cc1cccc(OCC(O)CNCCOc2ccc(O)c(C(N)=O)c2)c1C. The fourth-order valence-corrected chi connectivity index (χ4v) is 2.44. The minimum Gasteiger partial charge on any atom is -0.507 e. The van der Waals surface area contributed by atoms with Crippen LogP contribution in [-0.4, -0.2) is 48.5 Å². The van der Waals surface area contributed by atoms with Gasteiger partial charge in [-0.3, -0.25) is 4.79 Å². The summed E-state index contributed by atoms with van der Waals surface area (Å²) in [7, 11) is 0. The van der Waals surface area contributed by atoms with Crippen molar-refractivity contribution in [3.8, 4) is 17.2 Å². The van der Waals surface area contributed by atoms with Crippen molar-refractivity contribution in [2.75, 3.05) is 26.3 Å². The second-order valence-electron chi connectivity index (χ2n) is 6.26. The molecule has 2 aromatic rings. The normalized spacial score (nSPS) is 11.8. The second kappa shape index (κ2) is 9.80. The molecule has 0 aliphatic carbocycles. The van der Waals surface area contributed by atoms with Gasteiger partial charge >= 0.3 is 0 Å². The Kier molecular flexibility index (Phi) is 7.45. The van der Waals surface area contributed by atoms with Crippen LogP contribution < -0.4 is 20.5 Å². The number of hydrogen-bond acceptors (Lipinski definition) is 6. The first-order valence-electron chi connectivity index (χ1n) is 8.72. The molecule has 5 N–H and O–H groups in total. The predicted octanol–water partition coefficient (Wildman–Crippen LogP) is 1.52. The molecule has 0 radical (unpaired) electrons. The number of nitrogens with two attached hydrogens (primary N) is 1. The highest BCUT2D eigenvalue weighted by molar-refractivity contribution is 5.95. The molecule has 0 spiro atoms. The first-order chi connectivity index (χ1) is 12.9. The summed E-state index contributed by atoms with van der Waals surface area (Å²) in [4.78, 5) is 11.2. The van der Waals surface area contributed by atoms with Crippen molar-refractivity contribution in [2.24, 2.45) is 5.73 Å². The lowest BCUT2D eigenvalue weighted by molar-refractivity contribution is 0.0996. The van der Waals surface area contributed by atoms with E-state index in [0.29, 0.717) is 25.4 Å². The van der Waals surface area contributed by atoms with Crippen LogP contribution in [0.5, 0.6) is 17.2 Å². The van der Waals surface area contributed by atoms with Crippen LogP contribution in [0.2, 0.25) is 0 Å². The van der Waals surface area contributed by atoms with Crippen LogP contribution in [0.4, 0.5) is 0 Å². The molecule has 0 saturated carbocycles. The number of carbonyl (C=O) groups is 1. The van der Waals surface area contributed by atoms with Crippen LogP contribution in [0.3, 0.4) is 0 Å². The lowest BCUT2D eigenvalue weighted by Gasteiger charge is -2.15. The number of benzene rings is 2. The first kappa shape index (κ1) is 20.5. The predicted molar refractivity (Wildman–Crippen MR) is 102 cm³/mol. The molecule has 0 aliphatic rings. The summed E-state index contributed by atoms with van der Waals surface area (Å²) in [5.41, 5.74) is 7.40. The highest BCUT2D eigenvalue weighted by atomic mass is 16.5. The molecule has 7 heteroatoms. The monoisotopic (exact) mass is 374 g/mol. The summed E-state index contributed by atoms with van der Waals surface area (Å²) >= 11 is 0. The van der Waals surface area contributed by atoms with Crippen LogP contribution in [0.1, 0.15) is 21.5 Å². The maximum absolute atomic E-state index is 11.2. The van der Waals surface area contributed by atoms with Crippen molar-refractivity contribution in [2.45, 2.75) is 20.0 Å². The molecule has 0 heterocycles. The average Bonchev–Trinajstić information content (AvgIpc) is 2.63. The highest BCUT2D eigenvalue weighted by Crippen LogP contribution is 2.22. The number of hydrogen-bond donors (Lipinski definition) is 4. The molecule has 27 heavy (non-hydrogen) atoms. The molecule has 2 rings (SSSR count). The molecule has 146 valence electrons. The van der Waals surface area contributed by atoms with Crippen LogP contribution in [-0.2, 0) is 0 Å². The minimum atomic E-state index is -0.719. The number of rotatable bonds is 10. The van der Waals surface area contributed by atoms with E-state index in [9.17, 15) is 15.0 Å². The third-order valence-corrected chi connectivity index (χ3v) is 4.15. The van der Waals surface area contributed by atoms with Crippen molar-refractivity contribution in [1.29, 1.82) is 0 Å².